The van der Waals surface area contributed by atoms with E-state index in [0.29, 0.717) is 11.6 Å². The molecule has 0 unspecified atom stereocenters. The Balaban J connectivity index is 1.82. The fourth-order valence-corrected chi connectivity index (χ4v) is 2.27. The number of benzene rings is 1. The highest BCUT2D eigenvalue weighted by atomic mass is 79.9. The SMILES string of the molecule is CC(C)n1nccc1NC(=O)[C@@H](C)OC(=O)COc1ccc(Br)cc1. The van der Waals surface area contributed by atoms with E-state index in [1.165, 1.54) is 6.92 Å². The average molecular weight is 410 g/mol. The summed E-state index contributed by atoms with van der Waals surface area (Å²) in [7, 11) is 0. The van der Waals surface area contributed by atoms with Crippen LogP contribution in [0, 0.1) is 0 Å². The van der Waals surface area contributed by atoms with Gasteiger partial charge in [-0.05, 0) is 45.0 Å². The molecule has 0 aliphatic heterocycles. The molecule has 0 bridgehead atoms. The minimum Gasteiger partial charge on any atom is -0.482 e. The molecule has 1 heterocycles. The molecule has 1 aromatic carbocycles. The summed E-state index contributed by atoms with van der Waals surface area (Å²) in [6, 6.07) is 8.83. The lowest BCUT2D eigenvalue weighted by Crippen LogP contribution is -2.32. The molecule has 25 heavy (non-hydrogen) atoms. The zero-order chi connectivity index (χ0) is 18.4. The van der Waals surface area contributed by atoms with Gasteiger partial charge in [0, 0.05) is 16.6 Å². The summed E-state index contributed by atoms with van der Waals surface area (Å²) in [5.41, 5.74) is 0. The molecule has 1 N–H and O–H groups in total. The van der Waals surface area contributed by atoms with Crippen LogP contribution in [0.4, 0.5) is 5.82 Å². The number of nitrogens with zero attached hydrogens (tertiary/aromatic N) is 2. The number of anilines is 1. The number of esters is 1. The maximum absolute atomic E-state index is 12.2. The number of ether oxygens (including phenoxy) is 2. The van der Waals surface area contributed by atoms with E-state index in [1.54, 1.807) is 41.2 Å². The smallest absolute Gasteiger partial charge is 0.344 e. The Bertz CT molecular complexity index is 728. The van der Waals surface area contributed by atoms with E-state index in [-0.39, 0.29) is 12.6 Å². The van der Waals surface area contributed by atoms with E-state index >= 15 is 0 Å². The first kappa shape index (κ1) is 19.0. The summed E-state index contributed by atoms with van der Waals surface area (Å²) in [6.07, 6.45) is 0.648. The molecular formula is C17H20BrN3O4. The van der Waals surface area contributed by atoms with Gasteiger partial charge in [-0.25, -0.2) is 9.48 Å². The summed E-state index contributed by atoms with van der Waals surface area (Å²) in [6.45, 7) is 5.13. The normalized spacial score (nSPS) is 11.9. The Kier molecular flexibility index (Phi) is 6.58. The van der Waals surface area contributed by atoms with Crippen molar-refractivity contribution in [2.45, 2.75) is 32.9 Å². The third-order valence-electron chi connectivity index (χ3n) is 3.26. The predicted octanol–water partition coefficient (Wildman–Crippen LogP) is 3.18. The average Bonchev–Trinajstić information content (AvgIpc) is 3.02. The van der Waals surface area contributed by atoms with Gasteiger partial charge < -0.3 is 14.8 Å². The first-order valence-electron chi connectivity index (χ1n) is 7.79. The molecule has 2 rings (SSSR count). The van der Waals surface area contributed by atoms with Gasteiger partial charge in [0.2, 0.25) is 0 Å². The Labute approximate surface area is 154 Å². The maximum atomic E-state index is 12.2. The lowest BCUT2D eigenvalue weighted by molar-refractivity contribution is -0.155. The second-order valence-electron chi connectivity index (χ2n) is 5.62. The molecule has 1 atom stereocenters. The first-order valence-corrected chi connectivity index (χ1v) is 8.58. The van der Waals surface area contributed by atoms with E-state index < -0.39 is 18.0 Å². The van der Waals surface area contributed by atoms with E-state index in [9.17, 15) is 9.59 Å². The van der Waals surface area contributed by atoms with Crippen molar-refractivity contribution >= 4 is 33.6 Å². The maximum Gasteiger partial charge on any atom is 0.344 e. The van der Waals surface area contributed by atoms with Gasteiger partial charge in [0.15, 0.2) is 12.7 Å². The van der Waals surface area contributed by atoms with E-state index in [2.05, 4.69) is 26.3 Å². The number of carbonyl (C=O) groups is 2. The van der Waals surface area contributed by atoms with Crippen LogP contribution < -0.4 is 10.1 Å². The van der Waals surface area contributed by atoms with Crippen molar-refractivity contribution in [2.75, 3.05) is 11.9 Å². The van der Waals surface area contributed by atoms with Gasteiger partial charge in [-0.3, -0.25) is 4.79 Å². The Hall–Kier alpha value is -2.35. The number of amides is 1. The summed E-state index contributed by atoms with van der Waals surface area (Å²) in [5.74, 6) is 0.0365. The van der Waals surface area contributed by atoms with Crippen molar-refractivity contribution in [3.05, 3.63) is 41.0 Å². The molecule has 0 aliphatic carbocycles. The summed E-state index contributed by atoms with van der Waals surface area (Å²) in [4.78, 5) is 24.0. The van der Waals surface area contributed by atoms with Gasteiger partial charge in [0.25, 0.3) is 5.91 Å². The molecule has 7 nitrogen and oxygen atoms in total. The number of carbonyl (C=O) groups excluding carboxylic acids is 2. The quantitative estimate of drug-likeness (QED) is 0.709. The molecule has 0 saturated heterocycles. The largest absolute Gasteiger partial charge is 0.482 e. The summed E-state index contributed by atoms with van der Waals surface area (Å²) in [5, 5.41) is 6.82. The van der Waals surface area contributed by atoms with Crippen molar-refractivity contribution in [3.8, 4) is 5.75 Å². The summed E-state index contributed by atoms with van der Waals surface area (Å²) >= 11 is 3.31. The molecule has 0 saturated carbocycles. The Morgan fingerprint density at radius 1 is 1.20 bits per heavy atom. The summed E-state index contributed by atoms with van der Waals surface area (Å²) < 4.78 is 13.0. The number of aromatic nitrogens is 2. The molecule has 2 aromatic rings. The van der Waals surface area contributed by atoms with Crippen molar-refractivity contribution < 1.29 is 19.1 Å². The van der Waals surface area contributed by atoms with Gasteiger partial charge in [-0.1, -0.05) is 15.9 Å². The highest BCUT2D eigenvalue weighted by Gasteiger charge is 2.20. The molecule has 0 radical (unpaired) electrons. The molecule has 0 spiro atoms. The third-order valence-corrected chi connectivity index (χ3v) is 3.79. The number of hydrogen-bond donors (Lipinski definition) is 1. The second-order valence-corrected chi connectivity index (χ2v) is 6.53. The van der Waals surface area contributed by atoms with Crippen LogP contribution in [-0.2, 0) is 14.3 Å². The fraction of sp³-hybridized carbons (Fsp3) is 0.353. The lowest BCUT2D eigenvalue weighted by atomic mass is 10.3. The van der Waals surface area contributed by atoms with Gasteiger partial charge >= 0.3 is 5.97 Å². The van der Waals surface area contributed by atoms with Crippen LogP contribution in [0.5, 0.6) is 5.75 Å². The molecule has 0 fully saturated rings. The second kappa shape index (κ2) is 8.66. The van der Waals surface area contributed by atoms with Crippen LogP contribution in [0.1, 0.15) is 26.8 Å². The topological polar surface area (TPSA) is 82.5 Å². The number of nitrogens with one attached hydrogen (secondary N) is 1. The molecule has 0 aliphatic rings. The van der Waals surface area contributed by atoms with Crippen molar-refractivity contribution in [1.29, 1.82) is 0 Å². The molecule has 1 aromatic heterocycles. The van der Waals surface area contributed by atoms with Gasteiger partial charge in [0.05, 0.1) is 6.20 Å². The molecule has 8 heteroatoms. The molecule has 134 valence electrons. The number of halogens is 1. The standard InChI is InChI=1S/C17H20BrN3O4/c1-11(2)21-15(8-9-19-21)20-17(23)12(3)25-16(22)10-24-14-6-4-13(18)5-7-14/h4-9,11-12H,10H2,1-3H3,(H,20,23)/t12-/m1/s1. The van der Waals surface area contributed by atoms with Gasteiger partial charge in [0.1, 0.15) is 11.6 Å². The van der Waals surface area contributed by atoms with Crippen molar-refractivity contribution in [3.63, 3.8) is 0 Å². The Morgan fingerprint density at radius 3 is 2.52 bits per heavy atom. The van der Waals surface area contributed by atoms with Crippen LogP contribution in [-0.4, -0.2) is 34.4 Å². The zero-order valence-corrected chi connectivity index (χ0v) is 15.8. The van der Waals surface area contributed by atoms with E-state index in [4.69, 9.17) is 9.47 Å². The van der Waals surface area contributed by atoms with E-state index in [0.717, 1.165) is 4.47 Å². The minimum atomic E-state index is -0.948. The molecular weight excluding hydrogens is 390 g/mol. The van der Waals surface area contributed by atoms with Crippen LogP contribution in [0.3, 0.4) is 0 Å². The van der Waals surface area contributed by atoms with Crippen LogP contribution in [0.2, 0.25) is 0 Å². The highest BCUT2D eigenvalue weighted by Crippen LogP contribution is 2.16. The van der Waals surface area contributed by atoms with E-state index in [1.807, 2.05) is 13.8 Å². The third kappa shape index (κ3) is 5.60. The van der Waals surface area contributed by atoms with Crippen LogP contribution in [0.15, 0.2) is 41.0 Å². The Morgan fingerprint density at radius 2 is 1.88 bits per heavy atom. The van der Waals surface area contributed by atoms with Crippen LogP contribution >= 0.6 is 15.9 Å². The number of hydrogen-bond acceptors (Lipinski definition) is 5. The van der Waals surface area contributed by atoms with Gasteiger partial charge in [-0.15, -0.1) is 0 Å². The molecule has 1 amide bonds. The van der Waals surface area contributed by atoms with Crippen LogP contribution in [0.25, 0.3) is 0 Å². The first-order chi connectivity index (χ1) is 11.9. The van der Waals surface area contributed by atoms with Gasteiger partial charge in [-0.2, -0.15) is 5.10 Å². The monoisotopic (exact) mass is 409 g/mol. The predicted molar refractivity (Wildman–Crippen MR) is 96.4 cm³/mol. The minimum absolute atomic E-state index is 0.0995. The van der Waals surface area contributed by atoms with Crippen molar-refractivity contribution in [1.82, 2.24) is 9.78 Å². The zero-order valence-electron chi connectivity index (χ0n) is 14.2. The highest BCUT2D eigenvalue weighted by molar-refractivity contribution is 9.10. The van der Waals surface area contributed by atoms with Crippen molar-refractivity contribution in [2.24, 2.45) is 0 Å². The number of rotatable bonds is 7. The fourth-order valence-electron chi connectivity index (χ4n) is 2.01. The lowest BCUT2D eigenvalue weighted by Gasteiger charge is -2.16.